The van der Waals surface area contributed by atoms with E-state index in [-0.39, 0.29) is 23.2 Å². The van der Waals surface area contributed by atoms with Gasteiger partial charge >= 0.3 is 5.97 Å². The molecule has 0 atom stereocenters. The Morgan fingerprint density at radius 2 is 1.88 bits per heavy atom. The van der Waals surface area contributed by atoms with Crippen molar-refractivity contribution >= 4 is 23.6 Å². The molecule has 0 heterocycles. The molecule has 0 aliphatic carbocycles. The largest absolute Gasteiger partial charge is 0.504 e. The van der Waals surface area contributed by atoms with Gasteiger partial charge in [0.25, 0.3) is 0 Å². The summed E-state index contributed by atoms with van der Waals surface area (Å²) in [6.45, 7) is 3.54. The highest BCUT2D eigenvalue weighted by molar-refractivity contribution is 5.90. The zero-order valence-electron chi connectivity index (χ0n) is 14.1. The standard InChI is InChI=1S/C18H18N2O5/c1-11(2)25-18(23)12-5-4-6-14(7-12)19-20-15-8-13(10-21)17(22)16(9-15)24-3/h4-11,22H,1-3H3. The fourth-order valence-corrected chi connectivity index (χ4v) is 2.01. The third kappa shape index (κ3) is 4.63. The molecule has 0 saturated carbocycles. The van der Waals surface area contributed by atoms with Crippen molar-refractivity contribution in [2.24, 2.45) is 10.2 Å². The Kier molecular flexibility index (Phi) is 5.84. The lowest BCUT2D eigenvalue weighted by Crippen LogP contribution is -2.11. The first-order valence-corrected chi connectivity index (χ1v) is 7.53. The molecule has 0 aliphatic heterocycles. The van der Waals surface area contributed by atoms with Crippen LogP contribution in [-0.2, 0) is 4.74 Å². The number of azo groups is 1. The van der Waals surface area contributed by atoms with Crippen LogP contribution in [0.2, 0.25) is 0 Å². The van der Waals surface area contributed by atoms with Crippen molar-refractivity contribution in [2.45, 2.75) is 20.0 Å². The van der Waals surface area contributed by atoms with Crippen molar-refractivity contribution in [2.75, 3.05) is 7.11 Å². The molecule has 0 fully saturated rings. The maximum atomic E-state index is 11.9. The zero-order valence-corrected chi connectivity index (χ0v) is 14.1. The summed E-state index contributed by atoms with van der Waals surface area (Å²) < 4.78 is 10.1. The second kappa shape index (κ2) is 8.05. The third-order valence-corrected chi connectivity index (χ3v) is 3.14. The van der Waals surface area contributed by atoms with Gasteiger partial charge in [-0.1, -0.05) is 6.07 Å². The van der Waals surface area contributed by atoms with Gasteiger partial charge in [-0.2, -0.15) is 10.2 Å². The third-order valence-electron chi connectivity index (χ3n) is 3.14. The number of phenolic OH excluding ortho intramolecular Hbond substituents is 1. The Balaban J connectivity index is 2.28. The zero-order chi connectivity index (χ0) is 18.4. The van der Waals surface area contributed by atoms with Crippen molar-refractivity contribution in [1.29, 1.82) is 0 Å². The Hall–Kier alpha value is -3.22. The second-order valence-electron chi connectivity index (χ2n) is 5.41. The summed E-state index contributed by atoms with van der Waals surface area (Å²) in [6, 6.07) is 9.34. The van der Waals surface area contributed by atoms with E-state index in [1.54, 1.807) is 38.1 Å². The van der Waals surface area contributed by atoms with Crippen LogP contribution in [0.25, 0.3) is 0 Å². The highest BCUT2D eigenvalue weighted by atomic mass is 16.5. The second-order valence-corrected chi connectivity index (χ2v) is 5.41. The molecule has 2 aromatic carbocycles. The van der Waals surface area contributed by atoms with Crippen LogP contribution >= 0.6 is 0 Å². The van der Waals surface area contributed by atoms with E-state index < -0.39 is 5.97 Å². The summed E-state index contributed by atoms with van der Waals surface area (Å²) in [6.07, 6.45) is 0.281. The minimum absolute atomic E-state index is 0.0440. The van der Waals surface area contributed by atoms with E-state index >= 15 is 0 Å². The molecule has 1 N–H and O–H groups in total. The van der Waals surface area contributed by atoms with Gasteiger partial charge in [0.2, 0.25) is 0 Å². The van der Waals surface area contributed by atoms with Gasteiger partial charge in [0.1, 0.15) is 0 Å². The Morgan fingerprint density at radius 1 is 1.16 bits per heavy atom. The molecule has 7 nitrogen and oxygen atoms in total. The molecule has 130 valence electrons. The van der Waals surface area contributed by atoms with Crippen LogP contribution in [-0.4, -0.2) is 30.6 Å². The molecule has 0 aliphatic rings. The number of aldehydes is 1. The molecule has 2 rings (SSSR count). The normalized spacial score (nSPS) is 10.9. The SMILES string of the molecule is COc1cc(N=Nc2cccc(C(=O)OC(C)C)c2)cc(C=O)c1O. The fourth-order valence-electron chi connectivity index (χ4n) is 2.01. The topological polar surface area (TPSA) is 97.5 Å². The number of methoxy groups -OCH3 is 1. The molecule has 25 heavy (non-hydrogen) atoms. The summed E-state index contributed by atoms with van der Waals surface area (Å²) in [7, 11) is 1.37. The highest BCUT2D eigenvalue weighted by Gasteiger charge is 2.11. The van der Waals surface area contributed by atoms with E-state index in [0.29, 0.717) is 23.2 Å². The van der Waals surface area contributed by atoms with Gasteiger partial charge in [-0.15, -0.1) is 0 Å². The van der Waals surface area contributed by atoms with Crippen LogP contribution in [0.4, 0.5) is 11.4 Å². The van der Waals surface area contributed by atoms with Crippen LogP contribution in [0.3, 0.4) is 0 Å². The number of carbonyl (C=O) groups is 2. The first-order chi connectivity index (χ1) is 11.9. The fraction of sp³-hybridized carbons (Fsp3) is 0.222. The summed E-state index contributed by atoms with van der Waals surface area (Å²) in [5, 5.41) is 17.9. The summed E-state index contributed by atoms with van der Waals surface area (Å²) >= 11 is 0. The van der Waals surface area contributed by atoms with Gasteiger partial charge in [0.05, 0.1) is 35.7 Å². The van der Waals surface area contributed by atoms with Gasteiger partial charge in [-0.05, 0) is 38.1 Å². The Morgan fingerprint density at radius 3 is 2.52 bits per heavy atom. The van der Waals surface area contributed by atoms with E-state index in [1.807, 2.05) is 0 Å². The number of nitrogens with zero attached hydrogens (tertiary/aromatic N) is 2. The van der Waals surface area contributed by atoms with Crippen molar-refractivity contribution in [3.8, 4) is 11.5 Å². The van der Waals surface area contributed by atoms with Crippen molar-refractivity contribution < 1.29 is 24.2 Å². The lowest BCUT2D eigenvalue weighted by atomic mass is 10.2. The van der Waals surface area contributed by atoms with Gasteiger partial charge < -0.3 is 14.6 Å². The van der Waals surface area contributed by atoms with Crippen LogP contribution in [0.5, 0.6) is 11.5 Å². The number of ether oxygens (including phenoxy) is 2. The molecule has 0 aromatic heterocycles. The average molecular weight is 342 g/mol. The Labute approximate surface area is 144 Å². The van der Waals surface area contributed by atoms with Crippen molar-refractivity contribution in [1.82, 2.24) is 0 Å². The van der Waals surface area contributed by atoms with Crippen LogP contribution in [0.15, 0.2) is 46.6 Å². The molecular formula is C18H18N2O5. The predicted molar refractivity (Wildman–Crippen MR) is 91.2 cm³/mol. The van der Waals surface area contributed by atoms with E-state index in [1.165, 1.54) is 19.2 Å². The number of hydrogen-bond acceptors (Lipinski definition) is 7. The maximum Gasteiger partial charge on any atom is 0.338 e. The number of benzene rings is 2. The van der Waals surface area contributed by atoms with E-state index in [2.05, 4.69) is 10.2 Å². The van der Waals surface area contributed by atoms with Crippen LogP contribution in [0, 0.1) is 0 Å². The van der Waals surface area contributed by atoms with Crippen molar-refractivity contribution in [3.63, 3.8) is 0 Å². The summed E-state index contributed by atoms with van der Waals surface area (Å²) in [5.74, 6) is -0.579. The van der Waals surface area contributed by atoms with Gasteiger partial charge in [0.15, 0.2) is 17.8 Å². The van der Waals surface area contributed by atoms with E-state index in [0.717, 1.165) is 0 Å². The molecule has 0 unspecified atom stereocenters. The number of esters is 1. The molecule has 0 bridgehead atoms. The molecule has 0 amide bonds. The van der Waals surface area contributed by atoms with Gasteiger partial charge in [0, 0.05) is 6.07 Å². The predicted octanol–water partition coefficient (Wildman–Crippen LogP) is 4.19. The monoisotopic (exact) mass is 342 g/mol. The molecule has 2 aromatic rings. The summed E-state index contributed by atoms with van der Waals surface area (Å²) in [4.78, 5) is 22.9. The molecule has 0 radical (unpaired) electrons. The minimum atomic E-state index is -0.443. The van der Waals surface area contributed by atoms with E-state index in [9.17, 15) is 14.7 Å². The van der Waals surface area contributed by atoms with Crippen LogP contribution in [0.1, 0.15) is 34.6 Å². The molecule has 7 heteroatoms. The highest BCUT2D eigenvalue weighted by Crippen LogP contribution is 2.34. The quantitative estimate of drug-likeness (QED) is 0.482. The first-order valence-electron chi connectivity index (χ1n) is 7.53. The molecule has 0 spiro atoms. The number of rotatable bonds is 6. The number of aromatic hydroxyl groups is 1. The smallest absolute Gasteiger partial charge is 0.338 e. The lowest BCUT2D eigenvalue weighted by molar-refractivity contribution is 0.0378. The molecular weight excluding hydrogens is 324 g/mol. The first kappa shape index (κ1) is 18.1. The number of hydrogen-bond donors (Lipinski definition) is 1. The van der Waals surface area contributed by atoms with Crippen LogP contribution < -0.4 is 4.74 Å². The minimum Gasteiger partial charge on any atom is -0.504 e. The number of carbonyl (C=O) groups excluding carboxylic acids is 2. The van der Waals surface area contributed by atoms with Gasteiger partial charge in [-0.25, -0.2) is 4.79 Å². The van der Waals surface area contributed by atoms with Gasteiger partial charge in [-0.3, -0.25) is 4.79 Å². The molecule has 0 saturated heterocycles. The maximum absolute atomic E-state index is 11.9. The summed E-state index contributed by atoms with van der Waals surface area (Å²) in [5.41, 5.74) is 1.18. The van der Waals surface area contributed by atoms with Crippen molar-refractivity contribution in [3.05, 3.63) is 47.5 Å². The van der Waals surface area contributed by atoms with E-state index in [4.69, 9.17) is 9.47 Å². The average Bonchev–Trinajstić information content (AvgIpc) is 2.60. The number of phenols is 1. The lowest BCUT2D eigenvalue weighted by Gasteiger charge is -2.08. The Bertz CT molecular complexity index is 815.